The van der Waals surface area contributed by atoms with Gasteiger partial charge in [0.1, 0.15) is 26.7 Å². The number of hydrogen-bond donors (Lipinski definition) is 1. The van der Waals surface area contributed by atoms with Crippen molar-refractivity contribution >= 4 is 27.3 Å². The highest BCUT2D eigenvalue weighted by Gasteiger charge is 2.07. The van der Waals surface area contributed by atoms with Crippen molar-refractivity contribution in [3.8, 4) is 6.07 Å². The lowest BCUT2D eigenvalue weighted by Crippen LogP contribution is -2.10. The third kappa shape index (κ3) is 4.59. The van der Waals surface area contributed by atoms with E-state index in [-0.39, 0.29) is 10.8 Å². The molecule has 0 unspecified atom stereocenters. The van der Waals surface area contributed by atoms with Gasteiger partial charge in [0.15, 0.2) is 0 Å². The Balaban J connectivity index is 2.56. The standard InChI is InChI=1S/C10H12ClN3O2S/c1-17(15,16)6-2-4-13-10-9(11)8(7-12)3-5-14-10/h3,5H,2,4,6H2,1H3,(H,13,14). The van der Waals surface area contributed by atoms with Crippen molar-refractivity contribution in [2.75, 3.05) is 23.9 Å². The summed E-state index contributed by atoms with van der Waals surface area (Å²) in [6.45, 7) is 0.439. The number of nitrogens with one attached hydrogen (secondary N) is 1. The van der Waals surface area contributed by atoms with E-state index in [4.69, 9.17) is 16.9 Å². The first-order valence-corrected chi connectivity index (χ1v) is 7.34. The predicted octanol–water partition coefficient (Wildman–Crippen LogP) is 1.45. The Morgan fingerprint density at radius 1 is 1.59 bits per heavy atom. The third-order valence-corrected chi connectivity index (χ3v) is 3.41. The van der Waals surface area contributed by atoms with Crippen LogP contribution in [0.2, 0.25) is 5.02 Å². The minimum absolute atomic E-state index is 0.107. The number of nitriles is 1. The first kappa shape index (κ1) is 13.7. The quantitative estimate of drug-likeness (QED) is 0.821. The summed E-state index contributed by atoms with van der Waals surface area (Å²) in [5.41, 5.74) is 0.340. The Kier molecular flexibility index (Phi) is 4.73. The maximum atomic E-state index is 10.9. The molecule has 17 heavy (non-hydrogen) atoms. The predicted molar refractivity (Wildman–Crippen MR) is 66.8 cm³/mol. The molecule has 0 radical (unpaired) electrons. The Labute approximate surface area is 105 Å². The highest BCUT2D eigenvalue weighted by molar-refractivity contribution is 7.90. The molecular weight excluding hydrogens is 262 g/mol. The SMILES string of the molecule is CS(=O)(=O)CCCNc1nccc(C#N)c1Cl. The van der Waals surface area contributed by atoms with E-state index in [9.17, 15) is 8.42 Å². The molecule has 1 N–H and O–H groups in total. The first-order valence-electron chi connectivity index (χ1n) is 4.90. The van der Waals surface area contributed by atoms with Crippen LogP contribution < -0.4 is 5.32 Å². The molecule has 0 aliphatic heterocycles. The second-order valence-electron chi connectivity index (χ2n) is 3.54. The molecule has 0 aromatic carbocycles. The van der Waals surface area contributed by atoms with Crippen LogP contribution >= 0.6 is 11.6 Å². The molecule has 1 heterocycles. The van der Waals surface area contributed by atoms with Crippen LogP contribution in [0.5, 0.6) is 0 Å². The van der Waals surface area contributed by atoms with E-state index in [1.54, 1.807) is 0 Å². The fourth-order valence-corrected chi connectivity index (χ4v) is 2.08. The lowest BCUT2D eigenvalue weighted by molar-refractivity contribution is 0.600. The smallest absolute Gasteiger partial charge is 0.147 e. The molecule has 5 nitrogen and oxygen atoms in total. The minimum Gasteiger partial charge on any atom is -0.369 e. The summed E-state index contributed by atoms with van der Waals surface area (Å²) < 4.78 is 21.8. The largest absolute Gasteiger partial charge is 0.369 e. The van der Waals surface area contributed by atoms with Gasteiger partial charge in [-0.05, 0) is 12.5 Å². The van der Waals surface area contributed by atoms with E-state index in [0.29, 0.717) is 24.3 Å². The zero-order valence-corrected chi connectivity index (χ0v) is 10.8. The summed E-state index contributed by atoms with van der Waals surface area (Å²) in [5.74, 6) is 0.509. The molecule has 0 saturated heterocycles. The summed E-state index contributed by atoms with van der Waals surface area (Å²) in [6.07, 6.45) is 3.13. The van der Waals surface area contributed by atoms with E-state index in [1.165, 1.54) is 18.5 Å². The molecule has 0 amide bonds. The number of nitrogens with zero attached hydrogens (tertiary/aromatic N) is 2. The Morgan fingerprint density at radius 2 is 2.29 bits per heavy atom. The summed E-state index contributed by atoms with van der Waals surface area (Å²) >= 11 is 5.91. The topological polar surface area (TPSA) is 82.8 Å². The molecule has 0 aliphatic rings. The van der Waals surface area contributed by atoms with Gasteiger partial charge in [0, 0.05) is 19.0 Å². The molecule has 7 heteroatoms. The van der Waals surface area contributed by atoms with Crippen LogP contribution in [0.25, 0.3) is 0 Å². The molecule has 0 aliphatic carbocycles. The number of hydrogen-bond acceptors (Lipinski definition) is 5. The van der Waals surface area contributed by atoms with E-state index in [1.807, 2.05) is 6.07 Å². The Morgan fingerprint density at radius 3 is 2.88 bits per heavy atom. The van der Waals surface area contributed by atoms with Crippen LogP contribution in [-0.4, -0.2) is 32.0 Å². The van der Waals surface area contributed by atoms with Gasteiger partial charge in [-0.2, -0.15) is 5.26 Å². The average molecular weight is 274 g/mol. The van der Waals surface area contributed by atoms with Crippen LogP contribution in [0.3, 0.4) is 0 Å². The third-order valence-electron chi connectivity index (χ3n) is 1.99. The van der Waals surface area contributed by atoms with Gasteiger partial charge in [0.2, 0.25) is 0 Å². The molecule has 0 saturated carbocycles. The molecule has 92 valence electrons. The van der Waals surface area contributed by atoms with Crippen molar-refractivity contribution in [1.82, 2.24) is 4.98 Å². The van der Waals surface area contributed by atoms with Crippen molar-refractivity contribution in [3.05, 3.63) is 22.8 Å². The monoisotopic (exact) mass is 273 g/mol. The lowest BCUT2D eigenvalue weighted by atomic mass is 10.3. The van der Waals surface area contributed by atoms with Gasteiger partial charge in [-0.3, -0.25) is 0 Å². The summed E-state index contributed by atoms with van der Waals surface area (Å²) in [5, 5.41) is 11.9. The number of rotatable bonds is 5. The van der Waals surface area contributed by atoms with Gasteiger partial charge < -0.3 is 5.32 Å². The lowest BCUT2D eigenvalue weighted by Gasteiger charge is -2.07. The van der Waals surface area contributed by atoms with Crippen molar-refractivity contribution < 1.29 is 8.42 Å². The Bertz CT molecular complexity index is 537. The molecule has 1 aromatic rings. The minimum atomic E-state index is -2.95. The summed E-state index contributed by atoms with van der Waals surface area (Å²) in [7, 11) is -2.95. The van der Waals surface area contributed by atoms with Crippen LogP contribution in [0.4, 0.5) is 5.82 Å². The van der Waals surface area contributed by atoms with E-state index >= 15 is 0 Å². The van der Waals surface area contributed by atoms with Gasteiger partial charge in [-0.15, -0.1) is 0 Å². The number of halogens is 1. The molecule has 0 spiro atoms. The number of aromatic nitrogens is 1. The van der Waals surface area contributed by atoms with Crippen molar-refractivity contribution in [3.63, 3.8) is 0 Å². The Hall–Kier alpha value is -1.32. The molecule has 0 bridgehead atoms. The number of anilines is 1. The van der Waals surface area contributed by atoms with Gasteiger partial charge in [-0.25, -0.2) is 13.4 Å². The fraction of sp³-hybridized carbons (Fsp3) is 0.400. The van der Waals surface area contributed by atoms with E-state index in [0.717, 1.165) is 0 Å². The zero-order valence-electron chi connectivity index (χ0n) is 9.27. The molecule has 1 rings (SSSR count). The van der Waals surface area contributed by atoms with Gasteiger partial charge in [0.05, 0.1) is 11.3 Å². The second-order valence-corrected chi connectivity index (χ2v) is 6.18. The van der Waals surface area contributed by atoms with Gasteiger partial charge >= 0.3 is 0 Å². The second kappa shape index (κ2) is 5.84. The number of sulfone groups is 1. The van der Waals surface area contributed by atoms with Crippen LogP contribution in [0.15, 0.2) is 12.3 Å². The van der Waals surface area contributed by atoms with Crippen molar-refractivity contribution in [2.24, 2.45) is 0 Å². The van der Waals surface area contributed by atoms with Crippen molar-refractivity contribution in [1.29, 1.82) is 5.26 Å². The molecule has 0 atom stereocenters. The van der Waals surface area contributed by atoms with Gasteiger partial charge in [0.25, 0.3) is 0 Å². The zero-order chi connectivity index (χ0) is 12.9. The highest BCUT2D eigenvalue weighted by atomic mass is 35.5. The normalized spacial score (nSPS) is 10.9. The van der Waals surface area contributed by atoms with Crippen LogP contribution in [0.1, 0.15) is 12.0 Å². The van der Waals surface area contributed by atoms with Crippen LogP contribution in [-0.2, 0) is 9.84 Å². The first-order chi connectivity index (χ1) is 7.94. The highest BCUT2D eigenvalue weighted by Crippen LogP contribution is 2.22. The average Bonchev–Trinajstić information content (AvgIpc) is 2.25. The van der Waals surface area contributed by atoms with Crippen molar-refractivity contribution in [2.45, 2.75) is 6.42 Å². The summed E-state index contributed by atoms with van der Waals surface area (Å²) in [4.78, 5) is 3.98. The maximum Gasteiger partial charge on any atom is 0.147 e. The summed E-state index contributed by atoms with van der Waals surface area (Å²) in [6, 6.07) is 3.46. The number of pyridine rings is 1. The molecule has 0 fully saturated rings. The molecular formula is C10H12ClN3O2S. The van der Waals surface area contributed by atoms with Gasteiger partial charge in [-0.1, -0.05) is 11.6 Å². The maximum absolute atomic E-state index is 10.9. The van der Waals surface area contributed by atoms with Crippen LogP contribution in [0, 0.1) is 11.3 Å². The molecule has 1 aromatic heterocycles. The fourth-order valence-electron chi connectivity index (χ4n) is 1.19. The van der Waals surface area contributed by atoms with E-state index in [2.05, 4.69) is 10.3 Å². The van der Waals surface area contributed by atoms with E-state index < -0.39 is 9.84 Å².